The van der Waals surface area contributed by atoms with Gasteiger partial charge in [0.1, 0.15) is 17.3 Å². The number of methoxy groups -OCH3 is 2. The van der Waals surface area contributed by atoms with Crippen LogP contribution in [0, 0.1) is 5.92 Å². The fourth-order valence-corrected chi connectivity index (χ4v) is 2.20. The van der Waals surface area contributed by atoms with Gasteiger partial charge in [-0.3, -0.25) is 4.79 Å². The van der Waals surface area contributed by atoms with E-state index in [9.17, 15) is 4.79 Å². The third-order valence-corrected chi connectivity index (χ3v) is 3.66. The molecule has 2 rings (SSSR count). The van der Waals surface area contributed by atoms with E-state index in [4.69, 9.17) is 9.47 Å². The molecule has 6 nitrogen and oxygen atoms in total. The largest absolute Gasteiger partial charge is 0.497 e. The molecule has 0 unspecified atom stereocenters. The maximum absolute atomic E-state index is 12.4. The monoisotopic (exact) mass is 343 g/mol. The lowest BCUT2D eigenvalue weighted by atomic mass is 10.1. The van der Waals surface area contributed by atoms with Crippen LogP contribution in [0.1, 0.15) is 30.6 Å². The number of pyridine rings is 1. The van der Waals surface area contributed by atoms with E-state index in [-0.39, 0.29) is 5.91 Å². The number of hydrogen-bond donors (Lipinski definition) is 2. The fraction of sp³-hybridized carbons (Fsp3) is 0.368. The second-order valence-electron chi connectivity index (χ2n) is 6.10. The highest BCUT2D eigenvalue weighted by molar-refractivity contribution is 6.04. The minimum absolute atomic E-state index is 0.250. The molecule has 1 amide bonds. The predicted molar refractivity (Wildman–Crippen MR) is 99.7 cm³/mol. The average Bonchev–Trinajstić information content (AvgIpc) is 2.62. The van der Waals surface area contributed by atoms with Gasteiger partial charge in [0, 0.05) is 18.2 Å². The number of hydrogen-bond acceptors (Lipinski definition) is 5. The van der Waals surface area contributed by atoms with E-state index in [1.807, 2.05) is 12.1 Å². The molecule has 2 N–H and O–H groups in total. The minimum atomic E-state index is -0.250. The van der Waals surface area contributed by atoms with Crippen LogP contribution in [0.15, 0.2) is 36.5 Å². The van der Waals surface area contributed by atoms with Crippen LogP contribution < -0.4 is 20.1 Å². The highest BCUT2D eigenvalue weighted by Gasteiger charge is 2.10. The van der Waals surface area contributed by atoms with Gasteiger partial charge in [-0.1, -0.05) is 13.8 Å². The Morgan fingerprint density at radius 3 is 2.32 bits per heavy atom. The van der Waals surface area contributed by atoms with E-state index >= 15 is 0 Å². The minimum Gasteiger partial charge on any atom is -0.497 e. The van der Waals surface area contributed by atoms with Crippen molar-refractivity contribution in [3.63, 3.8) is 0 Å². The number of rotatable bonds is 8. The maximum Gasteiger partial charge on any atom is 0.255 e. The Kier molecular flexibility index (Phi) is 6.62. The Morgan fingerprint density at radius 2 is 1.80 bits per heavy atom. The topological polar surface area (TPSA) is 72.5 Å². The summed E-state index contributed by atoms with van der Waals surface area (Å²) in [6, 6.07) is 8.71. The van der Waals surface area contributed by atoms with Gasteiger partial charge in [-0.15, -0.1) is 0 Å². The highest BCUT2D eigenvalue weighted by atomic mass is 16.5. The Balaban J connectivity index is 2.00. The molecule has 0 atom stereocenters. The average molecular weight is 343 g/mol. The molecule has 134 valence electrons. The number of carbonyl (C=O) groups is 1. The van der Waals surface area contributed by atoms with E-state index in [2.05, 4.69) is 29.5 Å². The van der Waals surface area contributed by atoms with Crippen molar-refractivity contribution in [2.24, 2.45) is 5.92 Å². The molecule has 1 aromatic carbocycles. The van der Waals surface area contributed by atoms with Gasteiger partial charge in [0.05, 0.1) is 26.1 Å². The van der Waals surface area contributed by atoms with Crippen LogP contribution in [-0.2, 0) is 0 Å². The van der Waals surface area contributed by atoms with Crippen molar-refractivity contribution in [1.82, 2.24) is 4.98 Å². The van der Waals surface area contributed by atoms with Crippen LogP contribution in [0.25, 0.3) is 0 Å². The molecule has 0 aliphatic rings. The number of ether oxygens (including phenoxy) is 2. The lowest BCUT2D eigenvalue weighted by Crippen LogP contribution is -2.13. The van der Waals surface area contributed by atoms with Crippen molar-refractivity contribution in [3.05, 3.63) is 42.1 Å². The number of nitrogens with zero attached hydrogens (tertiary/aromatic N) is 1. The van der Waals surface area contributed by atoms with Gasteiger partial charge in [-0.05, 0) is 36.6 Å². The smallest absolute Gasteiger partial charge is 0.255 e. The highest BCUT2D eigenvalue weighted by Crippen LogP contribution is 2.23. The molecule has 1 aromatic heterocycles. The van der Waals surface area contributed by atoms with Crippen molar-refractivity contribution in [2.45, 2.75) is 20.3 Å². The molecule has 2 aromatic rings. The van der Waals surface area contributed by atoms with E-state index in [1.54, 1.807) is 38.6 Å². The van der Waals surface area contributed by atoms with Crippen molar-refractivity contribution in [2.75, 3.05) is 31.4 Å². The number of nitrogens with one attached hydrogen (secondary N) is 2. The summed E-state index contributed by atoms with van der Waals surface area (Å²) in [5.74, 6) is 2.31. The van der Waals surface area contributed by atoms with Gasteiger partial charge < -0.3 is 20.1 Å². The molecular weight excluding hydrogens is 318 g/mol. The quantitative estimate of drug-likeness (QED) is 0.762. The van der Waals surface area contributed by atoms with Gasteiger partial charge in [0.2, 0.25) is 0 Å². The number of anilines is 2. The first-order valence-corrected chi connectivity index (χ1v) is 8.26. The maximum atomic E-state index is 12.4. The van der Waals surface area contributed by atoms with E-state index in [0.29, 0.717) is 28.7 Å². The molecule has 0 aliphatic carbocycles. The summed E-state index contributed by atoms with van der Waals surface area (Å²) >= 11 is 0. The fourth-order valence-electron chi connectivity index (χ4n) is 2.20. The van der Waals surface area contributed by atoms with Crippen LogP contribution in [-0.4, -0.2) is 31.7 Å². The van der Waals surface area contributed by atoms with Crippen molar-refractivity contribution in [1.29, 1.82) is 0 Å². The van der Waals surface area contributed by atoms with Gasteiger partial charge >= 0.3 is 0 Å². The van der Waals surface area contributed by atoms with Crippen molar-refractivity contribution in [3.8, 4) is 11.5 Å². The van der Waals surface area contributed by atoms with Gasteiger partial charge in [0.25, 0.3) is 5.91 Å². The van der Waals surface area contributed by atoms with Gasteiger partial charge in [-0.2, -0.15) is 0 Å². The van der Waals surface area contributed by atoms with Gasteiger partial charge in [0.15, 0.2) is 0 Å². The zero-order valence-electron chi connectivity index (χ0n) is 15.1. The third-order valence-electron chi connectivity index (χ3n) is 3.66. The van der Waals surface area contributed by atoms with Crippen LogP contribution in [0.3, 0.4) is 0 Å². The standard InChI is InChI=1S/C19H25N3O3/c1-13(2)7-8-20-18-6-5-15(12-21-18)22-19(23)14-9-16(24-3)11-17(10-14)25-4/h5-6,9-13H,7-8H2,1-4H3,(H,20,21)(H,22,23). The second-order valence-corrected chi connectivity index (χ2v) is 6.10. The Hall–Kier alpha value is -2.76. The number of benzene rings is 1. The zero-order valence-corrected chi connectivity index (χ0v) is 15.1. The Bertz CT molecular complexity index is 677. The summed E-state index contributed by atoms with van der Waals surface area (Å²) in [7, 11) is 3.09. The van der Waals surface area contributed by atoms with Crippen molar-refractivity contribution < 1.29 is 14.3 Å². The Labute approximate surface area is 148 Å². The number of amides is 1. The molecule has 0 radical (unpaired) electrons. The summed E-state index contributed by atoms with van der Waals surface area (Å²) in [6.07, 6.45) is 2.71. The second kappa shape index (κ2) is 8.92. The predicted octanol–water partition coefficient (Wildman–Crippen LogP) is 3.81. The molecule has 1 heterocycles. The molecule has 0 spiro atoms. The molecular formula is C19H25N3O3. The lowest BCUT2D eigenvalue weighted by molar-refractivity contribution is 0.102. The molecule has 0 saturated carbocycles. The summed E-state index contributed by atoms with van der Waals surface area (Å²) in [5, 5.41) is 6.08. The van der Waals surface area contributed by atoms with Gasteiger partial charge in [-0.25, -0.2) is 4.98 Å². The van der Waals surface area contributed by atoms with Crippen LogP contribution in [0.2, 0.25) is 0 Å². The summed E-state index contributed by atoms with van der Waals surface area (Å²) in [4.78, 5) is 16.7. The number of aromatic nitrogens is 1. The third kappa shape index (κ3) is 5.67. The van der Waals surface area contributed by atoms with Crippen LogP contribution in [0.4, 0.5) is 11.5 Å². The lowest BCUT2D eigenvalue weighted by Gasteiger charge is -2.10. The Morgan fingerprint density at radius 1 is 1.12 bits per heavy atom. The molecule has 0 fully saturated rings. The van der Waals surface area contributed by atoms with Crippen molar-refractivity contribution >= 4 is 17.4 Å². The van der Waals surface area contributed by atoms with E-state index in [0.717, 1.165) is 18.8 Å². The summed E-state index contributed by atoms with van der Waals surface area (Å²) in [6.45, 7) is 5.24. The SMILES string of the molecule is COc1cc(OC)cc(C(=O)Nc2ccc(NCCC(C)C)nc2)c1. The van der Waals surface area contributed by atoms with Crippen LogP contribution >= 0.6 is 0 Å². The van der Waals surface area contributed by atoms with E-state index in [1.165, 1.54) is 0 Å². The molecule has 0 saturated heterocycles. The summed E-state index contributed by atoms with van der Waals surface area (Å²) < 4.78 is 10.4. The molecule has 25 heavy (non-hydrogen) atoms. The normalized spacial score (nSPS) is 10.4. The molecule has 0 aliphatic heterocycles. The first-order valence-electron chi connectivity index (χ1n) is 8.26. The first-order chi connectivity index (χ1) is 12.0. The number of carbonyl (C=O) groups excluding carboxylic acids is 1. The first kappa shape index (κ1) is 18.6. The molecule has 0 bridgehead atoms. The van der Waals surface area contributed by atoms with Crippen LogP contribution in [0.5, 0.6) is 11.5 Å². The zero-order chi connectivity index (χ0) is 18.2. The summed E-state index contributed by atoms with van der Waals surface area (Å²) in [5.41, 5.74) is 1.08. The van der Waals surface area contributed by atoms with E-state index < -0.39 is 0 Å². The molecule has 6 heteroatoms.